The Balaban J connectivity index is 2.46. The molecule has 0 amide bonds. The zero-order valence-electron chi connectivity index (χ0n) is 12.0. The number of benzene rings is 1. The molecule has 5 nitrogen and oxygen atoms in total. The molecule has 0 spiro atoms. The molecule has 0 saturated heterocycles. The van der Waals surface area contributed by atoms with E-state index in [0.29, 0.717) is 11.5 Å². The van der Waals surface area contributed by atoms with Crippen LogP contribution in [0.2, 0.25) is 0 Å². The van der Waals surface area contributed by atoms with Crippen LogP contribution in [0.15, 0.2) is 22.8 Å². The Kier molecular flexibility index (Phi) is 4.67. The number of nitrogens with zero attached hydrogens (tertiary/aromatic N) is 2. The number of aromatic nitrogens is 2. The second kappa shape index (κ2) is 6.28. The minimum absolute atomic E-state index is 0.668. The molecule has 0 atom stereocenters. The summed E-state index contributed by atoms with van der Waals surface area (Å²) >= 11 is 3.48. The molecule has 0 unspecified atom stereocenters. The third-order valence-corrected chi connectivity index (χ3v) is 3.27. The lowest BCUT2D eigenvalue weighted by Crippen LogP contribution is -2.10. The van der Waals surface area contributed by atoms with Gasteiger partial charge in [-0.15, -0.1) is 0 Å². The summed E-state index contributed by atoms with van der Waals surface area (Å²) in [6.07, 6.45) is 1.84. The number of hydrogen-bond donors (Lipinski definition) is 1. The predicted molar refractivity (Wildman–Crippen MR) is 82.2 cm³/mol. The second-order valence-electron chi connectivity index (χ2n) is 4.68. The van der Waals surface area contributed by atoms with E-state index in [4.69, 9.17) is 9.47 Å². The van der Waals surface area contributed by atoms with Gasteiger partial charge >= 0.3 is 0 Å². The van der Waals surface area contributed by atoms with Gasteiger partial charge < -0.3 is 19.4 Å². The summed E-state index contributed by atoms with van der Waals surface area (Å²) in [6, 6.07) is 3.83. The Morgan fingerprint density at radius 3 is 2.60 bits per heavy atom. The van der Waals surface area contributed by atoms with Gasteiger partial charge in [-0.3, -0.25) is 0 Å². The number of methoxy groups -OCH3 is 2. The molecule has 2 rings (SSSR count). The van der Waals surface area contributed by atoms with Crippen LogP contribution in [0.5, 0.6) is 11.5 Å². The Morgan fingerprint density at radius 1 is 1.25 bits per heavy atom. The van der Waals surface area contributed by atoms with Crippen molar-refractivity contribution in [3.05, 3.63) is 28.5 Å². The summed E-state index contributed by atoms with van der Waals surface area (Å²) in [5.41, 5.74) is 1.91. The molecule has 1 heterocycles. The Hall–Kier alpha value is -1.53. The van der Waals surface area contributed by atoms with Crippen LogP contribution in [0.25, 0.3) is 11.4 Å². The molecular formula is C14H18BrN3O2. The highest BCUT2D eigenvalue weighted by Crippen LogP contribution is 2.39. The molecular weight excluding hydrogens is 322 g/mol. The molecule has 108 valence electrons. The Morgan fingerprint density at radius 2 is 2.00 bits per heavy atom. The second-order valence-corrected chi connectivity index (χ2v) is 5.60. The zero-order valence-corrected chi connectivity index (χ0v) is 13.6. The van der Waals surface area contributed by atoms with Crippen molar-refractivity contribution in [3.8, 4) is 22.9 Å². The van der Waals surface area contributed by atoms with Gasteiger partial charge in [0.2, 0.25) is 0 Å². The van der Waals surface area contributed by atoms with Gasteiger partial charge in [-0.1, -0.05) is 15.9 Å². The third-order valence-electron chi connectivity index (χ3n) is 2.81. The highest BCUT2D eigenvalue weighted by atomic mass is 79.9. The summed E-state index contributed by atoms with van der Waals surface area (Å²) in [5, 5.41) is 0. The van der Waals surface area contributed by atoms with Crippen molar-refractivity contribution in [2.45, 2.75) is 6.54 Å². The van der Waals surface area contributed by atoms with Crippen LogP contribution in [0.1, 0.15) is 5.69 Å². The van der Waals surface area contributed by atoms with E-state index in [-0.39, 0.29) is 0 Å². The normalized spacial score (nSPS) is 10.9. The van der Waals surface area contributed by atoms with E-state index in [2.05, 4.69) is 30.8 Å². The van der Waals surface area contributed by atoms with Crippen LogP contribution in [-0.4, -0.2) is 43.2 Å². The van der Waals surface area contributed by atoms with E-state index < -0.39 is 0 Å². The highest BCUT2D eigenvalue weighted by Gasteiger charge is 2.16. The van der Waals surface area contributed by atoms with E-state index >= 15 is 0 Å². The van der Waals surface area contributed by atoms with Gasteiger partial charge in [-0.2, -0.15) is 0 Å². The minimum atomic E-state index is 0.668. The van der Waals surface area contributed by atoms with Crippen LogP contribution in [0, 0.1) is 0 Å². The fourth-order valence-corrected chi connectivity index (χ4v) is 2.46. The summed E-state index contributed by atoms with van der Waals surface area (Å²) < 4.78 is 11.7. The van der Waals surface area contributed by atoms with Crippen molar-refractivity contribution in [3.63, 3.8) is 0 Å². The number of rotatable bonds is 5. The number of imidazole rings is 1. The van der Waals surface area contributed by atoms with E-state index in [9.17, 15) is 0 Å². The number of aromatic amines is 1. The average Bonchev–Trinajstić information content (AvgIpc) is 2.85. The lowest BCUT2D eigenvalue weighted by Gasteiger charge is -2.12. The molecule has 1 aromatic carbocycles. The number of nitrogens with one attached hydrogen (secondary N) is 1. The predicted octanol–water partition coefficient (Wildman–Crippen LogP) is 2.92. The fourth-order valence-electron chi connectivity index (χ4n) is 2.02. The van der Waals surface area contributed by atoms with Gasteiger partial charge in [0, 0.05) is 22.9 Å². The van der Waals surface area contributed by atoms with E-state index in [1.54, 1.807) is 14.2 Å². The number of hydrogen-bond acceptors (Lipinski definition) is 4. The monoisotopic (exact) mass is 339 g/mol. The first-order valence-corrected chi connectivity index (χ1v) is 6.95. The van der Waals surface area contributed by atoms with Crippen LogP contribution < -0.4 is 9.47 Å². The van der Waals surface area contributed by atoms with Crippen molar-refractivity contribution in [2.24, 2.45) is 0 Å². The van der Waals surface area contributed by atoms with Crippen molar-refractivity contribution >= 4 is 15.9 Å². The third kappa shape index (κ3) is 3.13. The Bertz CT molecular complexity index is 596. The summed E-state index contributed by atoms with van der Waals surface area (Å²) in [5.74, 6) is 2.10. The molecule has 1 N–H and O–H groups in total. The quantitative estimate of drug-likeness (QED) is 0.909. The smallest absolute Gasteiger partial charge is 0.171 e. The van der Waals surface area contributed by atoms with Crippen LogP contribution in [0.4, 0.5) is 0 Å². The molecule has 0 fully saturated rings. The first-order chi connectivity index (χ1) is 9.55. The minimum Gasteiger partial charge on any atom is -0.493 e. The van der Waals surface area contributed by atoms with Crippen LogP contribution in [-0.2, 0) is 6.54 Å². The number of halogens is 1. The first kappa shape index (κ1) is 14.9. The van der Waals surface area contributed by atoms with Crippen molar-refractivity contribution in [1.82, 2.24) is 14.9 Å². The topological polar surface area (TPSA) is 50.4 Å². The summed E-state index contributed by atoms with van der Waals surface area (Å²) in [6.45, 7) is 0.806. The average molecular weight is 340 g/mol. The lowest BCUT2D eigenvalue weighted by atomic mass is 10.1. The van der Waals surface area contributed by atoms with E-state index in [0.717, 1.165) is 28.1 Å². The maximum Gasteiger partial charge on any atom is 0.171 e. The molecule has 0 aliphatic rings. The Labute approximate surface area is 127 Å². The van der Waals surface area contributed by atoms with Crippen molar-refractivity contribution in [1.29, 1.82) is 0 Å². The molecule has 1 aromatic heterocycles. The first-order valence-electron chi connectivity index (χ1n) is 6.15. The maximum atomic E-state index is 5.45. The molecule has 0 saturated carbocycles. The van der Waals surface area contributed by atoms with E-state index in [1.807, 2.05) is 32.4 Å². The van der Waals surface area contributed by atoms with Crippen molar-refractivity contribution in [2.75, 3.05) is 28.3 Å². The fraction of sp³-hybridized carbons (Fsp3) is 0.357. The number of H-pyrrole nitrogens is 1. The van der Waals surface area contributed by atoms with Gasteiger partial charge in [0.25, 0.3) is 0 Å². The van der Waals surface area contributed by atoms with Crippen molar-refractivity contribution < 1.29 is 9.47 Å². The summed E-state index contributed by atoms with van der Waals surface area (Å²) in [4.78, 5) is 9.81. The molecule has 20 heavy (non-hydrogen) atoms. The van der Waals surface area contributed by atoms with Crippen LogP contribution in [0.3, 0.4) is 0 Å². The molecule has 0 aliphatic heterocycles. The van der Waals surface area contributed by atoms with E-state index in [1.165, 1.54) is 0 Å². The van der Waals surface area contributed by atoms with Gasteiger partial charge in [-0.05, 0) is 26.2 Å². The largest absolute Gasteiger partial charge is 0.493 e. The molecule has 0 aliphatic carbocycles. The van der Waals surface area contributed by atoms with Gasteiger partial charge in [0.1, 0.15) is 5.82 Å². The van der Waals surface area contributed by atoms with Gasteiger partial charge in [0.05, 0.1) is 19.8 Å². The standard InChI is InChI=1S/C14H18BrN3O2/c1-18(2)8-10-7-16-14(17-10)11-5-9(15)6-12(19-3)13(11)20-4/h5-7H,8H2,1-4H3,(H,16,17). The highest BCUT2D eigenvalue weighted by molar-refractivity contribution is 9.10. The molecule has 6 heteroatoms. The van der Waals surface area contributed by atoms with Gasteiger partial charge in [0.15, 0.2) is 11.5 Å². The number of ether oxygens (including phenoxy) is 2. The summed E-state index contributed by atoms with van der Waals surface area (Å²) in [7, 11) is 7.28. The van der Waals surface area contributed by atoms with Gasteiger partial charge in [-0.25, -0.2) is 4.98 Å². The maximum absolute atomic E-state index is 5.45. The molecule has 2 aromatic rings. The SMILES string of the molecule is COc1cc(Br)cc(-c2ncc(CN(C)C)[nH]2)c1OC. The zero-order chi connectivity index (χ0) is 14.7. The molecule has 0 radical (unpaired) electrons. The lowest BCUT2D eigenvalue weighted by molar-refractivity contribution is 0.355. The molecule has 0 bridgehead atoms. The van der Waals surface area contributed by atoms with Crippen LogP contribution >= 0.6 is 15.9 Å².